The summed E-state index contributed by atoms with van der Waals surface area (Å²) in [6.07, 6.45) is 1.53. The molecule has 1 rings (SSSR count). The van der Waals surface area contributed by atoms with Crippen LogP contribution < -0.4 is 10.6 Å². The molecule has 0 saturated carbocycles. The average Bonchev–Trinajstić information content (AvgIpc) is 2.35. The van der Waals surface area contributed by atoms with Gasteiger partial charge in [0.05, 0.1) is 0 Å². The normalized spacial score (nSPS) is 10.6. The van der Waals surface area contributed by atoms with Gasteiger partial charge in [0.15, 0.2) is 0 Å². The van der Waals surface area contributed by atoms with Gasteiger partial charge in [0.2, 0.25) is 5.91 Å². The van der Waals surface area contributed by atoms with E-state index in [0.717, 1.165) is 17.7 Å². The van der Waals surface area contributed by atoms with Gasteiger partial charge in [-0.2, -0.15) is 0 Å². The summed E-state index contributed by atoms with van der Waals surface area (Å²) in [5, 5.41) is 0. The molecule has 0 atom stereocenters. The van der Waals surface area contributed by atoms with Gasteiger partial charge in [-0.25, -0.2) is 0 Å². The number of nitrogens with two attached hydrogens (primary N) is 1. The zero-order chi connectivity index (χ0) is 12.8. The highest BCUT2D eigenvalue weighted by molar-refractivity contribution is 5.92. The lowest BCUT2D eigenvalue weighted by Crippen LogP contribution is -2.26. The minimum absolute atomic E-state index is 0.160. The number of rotatable bonds is 5. The van der Waals surface area contributed by atoms with Crippen LogP contribution in [0.1, 0.15) is 32.3 Å². The molecule has 1 aromatic carbocycles. The van der Waals surface area contributed by atoms with E-state index in [4.69, 9.17) is 5.73 Å². The fourth-order valence-electron chi connectivity index (χ4n) is 1.62. The van der Waals surface area contributed by atoms with E-state index < -0.39 is 0 Å². The molecule has 17 heavy (non-hydrogen) atoms. The van der Waals surface area contributed by atoms with Crippen LogP contribution in [-0.2, 0) is 11.3 Å². The molecule has 0 aliphatic rings. The van der Waals surface area contributed by atoms with E-state index in [9.17, 15) is 4.79 Å². The van der Waals surface area contributed by atoms with E-state index >= 15 is 0 Å². The fraction of sp³-hybridized carbons (Fsp3) is 0.500. The number of hydrogen-bond acceptors (Lipinski definition) is 2. The van der Waals surface area contributed by atoms with Crippen LogP contribution in [0.2, 0.25) is 0 Å². The summed E-state index contributed by atoms with van der Waals surface area (Å²) in [5.41, 5.74) is 7.56. The topological polar surface area (TPSA) is 46.3 Å². The van der Waals surface area contributed by atoms with Crippen LogP contribution >= 0.6 is 0 Å². The van der Waals surface area contributed by atoms with Gasteiger partial charge in [0, 0.05) is 25.7 Å². The molecule has 3 heteroatoms. The Morgan fingerprint density at radius 1 is 1.41 bits per heavy atom. The number of carbonyl (C=O) groups is 1. The van der Waals surface area contributed by atoms with Crippen molar-refractivity contribution in [2.24, 2.45) is 11.7 Å². The number of amides is 1. The summed E-state index contributed by atoms with van der Waals surface area (Å²) < 4.78 is 0. The molecule has 0 aliphatic carbocycles. The first-order valence-corrected chi connectivity index (χ1v) is 6.10. The number of carbonyl (C=O) groups excluding carboxylic acids is 1. The lowest BCUT2D eigenvalue weighted by atomic mass is 10.1. The Bertz CT molecular complexity index is 374. The summed E-state index contributed by atoms with van der Waals surface area (Å²) in [5.74, 6) is 0.718. The van der Waals surface area contributed by atoms with Crippen LogP contribution in [0.25, 0.3) is 0 Å². The first-order valence-electron chi connectivity index (χ1n) is 6.10. The van der Waals surface area contributed by atoms with E-state index in [1.54, 1.807) is 4.90 Å². The minimum Gasteiger partial charge on any atom is -0.326 e. The highest BCUT2D eigenvalue weighted by atomic mass is 16.2. The Morgan fingerprint density at radius 3 is 2.71 bits per heavy atom. The van der Waals surface area contributed by atoms with E-state index in [-0.39, 0.29) is 5.91 Å². The molecule has 94 valence electrons. The van der Waals surface area contributed by atoms with Crippen molar-refractivity contribution in [3.8, 4) is 0 Å². The Labute approximate surface area is 104 Å². The first kappa shape index (κ1) is 13.7. The maximum atomic E-state index is 11.9. The van der Waals surface area contributed by atoms with Crippen LogP contribution in [0, 0.1) is 5.92 Å². The quantitative estimate of drug-likeness (QED) is 0.851. The third kappa shape index (κ3) is 4.19. The molecule has 0 heterocycles. The van der Waals surface area contributed by atoms with Gasteiger partial charge < -0.3 is 10.6 Å². The predicted molar refractivity (Wildman–Crippen MR) is 71.8 cm³/mol. The molecule has 0 saturated heterocycles. The second-order valence-electron chi connectivity index (χ2n) is 4.76. The maximum absolute atomic E-state index is 11.9. The molecule has 2 N–H and O–H groups in total. The van der Waals surface area contributed by atoms with Crippen molar-refractivity contribution in [2.45, 2.75) is 33.2 Å². The monoisotopic (exact) mass is 234 g/mol. The summed E-state index contributed by atoms with van der Waals surface area (Å²) in [4.78, 5) is 13.7. The van der Waals surface area contributed by atoms with Crippen molar-refractivity contribution in [1.29, 1.82) is 0 Å². The van der Waals surface area contributed by atoms with Crippen LogP contribution in [0.3, 0.4) is 0 Å². The van der Waals surface area contributed by atoms with Crippen molar-refractivity contribution in [2.75, 3.05) is 11.9 Å². The standard InChI is InChI=1S/C14H22N2O/c1-11(2)7-8-14(17)16(3)13-6-4-5-12(9-13)10-15/h4-6,9,11H,7-8,10,15H2,1-3H3. The van der Waals surface area contributed by atoms with Crippen LogP contribution in [0.15, 0.2) is 24.3 Å². The molecular formula is C14H22N2O. The Hall–Kier alpha value is -1.35. The average molecular weight is 234 g/mol. The third-order valence-corrected chi connectivity index (χ3v) is 2.84. The Morgan fingerprint density at radius 2 is 2.12 bits per heavy atom. The minimum atomic E-state index is 0.160. The summed E-state index contributed by atoms with van der Waals surface area (Å²) >= 11 is 0. The fourth-order valence-corrected chi connectivity index (χ4v) is 1.62. The first-order chi connectivity index (χ1) is 8.04. The molecule has 0 spiro atoms. The summed E-state index contributed by atoms with van der Waals surface area (Å²) in [7, 11) is 1.82. The van der Waals surface area contributed by atoms with Crippen LogP contribution in [0.4, 0.5) is 5.69 Å². The SMILES string of the molecule is CC(C)CCC(=O)N(C)c1cccc(CN)c1. The molecule has 0 unspecified atom stereocenters. The molecule has 1 amide bonds. The summed E-state index contributed by atoms with van der Waals surface area (Å²) in [6.45, 7) is 4.76. The molecule has 0 aliphatic heterocycles. The zero-order valence-electron chi connectivity index (χ0n) is 10.9. The molecule has 1 aromatic rings. The number of anilines is 1. The van der Waals surface area contributed by atoms with Gasteiger partial charge in [-0.1, -0.05) is 26.0 Å². The van der Waals surface area contributed by atoms with Crippen LogP contribution in [-0.4, -0.2) is 13.0 Å². The molecule has 3 nitrogen and oxygen atoms in total. The van der Waals surface area contributed by atoms with Crippen molar-refractivity contribution >= 4 is 11.6 Å². The molecule has 0 bridgehead atoms. The van der Waals surface area contributed by atoms with Crippen molar-refractivity contribution < 1.29 is 4.79 Å². The van der Waals surface area contributed by atoms with Crippen molar-refractivity contribution in [3.63, 3.8) is 0 Å². The van der Waals surface area contributed by atoms with Gasteiger partial charge in [0.1, 0.15) is 0 Å². The van der Waals surface area contributed by atoms with Crippen molar-refractivity contribution in [1.82, 2.24) is 0 Å². The predicted octanol–water partition coefficient (Wildman–Crippen LogP) is 2.54. The lowest BCUT2D eigenvalue weighted by Gasteiger charge is -2.18. The second kappa shape index (κ2) is 6.40. The molecular weight excluding hydrogens is 212 g/mol. The van der Waals surface area contributed by atoms with E-state index in [0.29, 0.717) is 18.9 Å². The number of hydrogen-bond donors (Lipinski definition) is 1. The van der Waals surface area contributed by atoms with Crippen molar-refractivity contribution in [3.05, 3.63) is 29.8 Å². The Balaban J connectivity index is 2.67. The van der Waals surface area contributed by atoms with Gasteiger partial charge in [-0.05, 0) is 30.0 Å². The highest BCUT2D eigenvalue weighted by Gasteiger charge is 2.11. The molecule has 0 fully saturated rings. The summed E-state index contributed by atoms with van der Waals surface area (Å²) in [6, 6.07) is 7.80. The smallest absolute Gasteiger partial charge is 0.226 e. The maximum Gasteiger partial charge on any atom is 0.226 e. The largest absolute Gasteiger partial charge is 0.326 e. The van der Waals surface area contributed by atoms with Gasteiger partial charge in [0.25, 0.3) is 0 Å². The van der Waals surface area contributed by atoms with E-state index in [1.165, 1.54) is 0 Å². The molecule has 0 radical (unpaired) electrons. The van der Waals surface area contributed by atoms with Gasteiger partial charge in [-0.15, -0.1) is 0 Å². The molecule has 0 aromatic heterocycles. The number of nitrogens with zero attached hydrogens (tertiary/aromatic N) is 1. The second-order valence-corrected chi connectivity index (χ2v) is 4.76. The lowest BCUT2D eigenvalue weighted by molar-refractivity contribution is -0.118. The van der Waals surface area contributed by atoms with Gasteiger partial charge >= 0.3 is 0 Å². The highest BCUT2D eigenvalue weighted by Crippen LogP contribution is 2.16. The zero-order valence-corrected chi connectivity index (χ0v) is 10.9. The van der Waals surface area contributed by atoms with E-state index in [2.05, 4.69) is 13.8 Å². The third-order valence-electron chi connectivity index (χ3n) is 2.84. The Kier molecular flexibility index (Phi) is 5.16. The van der Waals surface area contributed by atoms with Crippen LogP contribution in [0.5, 0.6) is 0 Å². The van der Waals surface area contributed by atoms with E-state index in [1.807, 2.05) is 31.3 Å². The number of benzene rings is 1. The van der Waals surface area contributed by atoms with Gasteiger partial charge in [-0.3, -0.25) is 4.79 Å².